The molecule has 2 N–H and O–H groups in total. The van der Waals surface area contributed by atoms with E-state index < -0.39 is 31.3 Å². The first-order chi connectivity index (χ1) is 17.6. The molecule has 0 unspecified atom stereocenters. The molecule has 0 bridgehead atoms. The van der Waals surface area contributed by atoms with E-state index in [2.05, 4.69) is 39.6 Å². The Hall–Kier alpha value is -3.25. The van der Waals surface area contributed by atoms with Crippen molar-refractivity contribution in [2.24, 2.45) is 5.41 Å². The summed E-state index contributed by atoms with van der Waals surface area (Å²) in [5.41, 5.74) is 0.325. The Morgan fingerprint density at radius 2 is 1.84 bits per heavy atom. The molecule has 0 aromatic carbocycles. The molecule has 3 heterocycles. The SMILES string of the molecule is Cc1cc(OCC(C)(C)C(=O)O)ncc1-c1ccc(-c2nc(C(F)(F)F)c(COCC[Si](C)(C)C)[nH]2)nc1. The average Bonchev–Trinajstić information content (AvgIpc) is 3.25. The minimum Gasteiger partial charge on any atom is -0.481 e. The summed E-state index contributed by atoms with van der Waals surface area (Å²) in [6.07, 6.45) is -1.51. The number of aromatic nitrogens is 4. The highest BCUT2D eigenvalue weighted by Gasteiger charge is 2.37. The van der Waals surface area contributed by atoms with Crippen LogP contribution in [-0.4, -0.2) is 52.3 Å². The molecule has 38 heavy (non-hydrogen) atoms. The van der Waals surface area contributed by atoms with Crippen molar-refractivity contribution >= 4 is 14.0 Å². The van der Waals surface area contributed by atoms with Crippen molar-refractivity contribution in [2.75, 3.05) is 13.2 Å². The summed E-state index contributed by atoms with van der Waals surface area (Å²) in [5, 5.41) is 9.23. The molecule has 0 saturated heterocycles. The van der Waals surface area contributed by atoms with Gasteiger partial charge in [-0.3, -0.25) is 9.78 Å². The van der Waals surface area contributed by atoms with E-state index in [1.165, 1.54) is 6.20 Å². The third kappa shape index (κ3) is 7.64. The van der Waals surface area contributed by atoms with Crippen LogP contribution < -0.4 is 4.74 Å². The van der Waals surface area contributed by atoms with Gasteiger partial charge in [0.05, 0.1) is 17.7 Å². The van der Waals surface area contributed by atoms with Crippen LogP contribution in [0.15, 0.2) is 30.6 Å². The molecule has 12 heteroatoms. The Morgan fingerprint density at radius 3 is 2.39 bits per heavy atom. The summed E-state index contributed by atoms with van der Waals surface area (Å²) in [7, 11) is -1.37. The van der Waals surface area contributed by atoms with Crippen LogP contribution in [0.4, 0.5) is 13.2 Å². The van der Waals surface area contributed by atoms with Gasteiger partial charge in [-0.05, 0) is 38.4 Å². The lowest BCUT2D eigenvalue weighted by atomic mass is 9.95. The van der Waals surface area contributed by atoms with Crippen molar-refractivity contribution in [3.05, 3.63) is 47.5 Å². The van der Waals surface area contributed by atoms with Crippen LogP contribution in [0.3, 0.4) is 0 Å². The molecule has 3 rings (SSSR count). The number of ether oxygens (including phenoxy) is 2. The predicted molar refractivity (Wildman–Crippen MR) is 140 cm³/mol. The molecule has 3 aromatic heterocycles. The molecule has 0 fully saturated rings. The first-order valence-corrected chi connectivity index (χ1v) is 15.8. The number of nitrogens with zero attached hydrogens (tertiary/aromatic N) is 3. The topological polar surface area (TPSA) is 110 Å². The molecule has 206 valence electrons. The lowest BCUT2D eigenvalue weighted by Gasteiger charge is -2.19. The number of aromatic amines is 1. The van der Waals surface area contributed by atoms with E-state index >= 15 is 0 Å². The van der Waals surface area contributed by atoms with Crippen LogP contribution in [-0.2, 0) is 22.3 Å². The van der Waals surface area contributed by atoms with Gasteiger partial charge in [0.1, 0.15) is 12.3 Å². The fourth-order valence-electron chi connectivity index (χ4n) is 3.34. The van der Waals surface area contributed by atoms with Gasteiger partial charge in [-0.25, -0.2) is 9.97 Å². The van der Waals surface area contributed by atoms with Crippen LogP contribution in [0.25, 0.3) is 22.6 Å². The summed E-state index contributed by atoms with van der Waals surface area (Å²) in [4.78, 5) is 26.4. The molecule has 3 aromatic rings. The van der Waals surface area contributed by atoms with Gasteiger partial charge in [-0.2, -0.15) is 13.2 Å². The lowest BCUT2D eigenvalue weighted by molar-refractivity contribution is -0.148. The highest BCUT2D eigenvalue weighted by Crippen LogP contribution is 2.33. The van der Waals surface area contributed by atoms with E-state index in [4.69, 9.17) is 9.47 Å². The van der Waals surface area contributed by atoms with Crippen LogP contribution in [0, 0.1) is 12.3 Å². The van der Waals surface area contributed by atoms with Gasteiger partial charge in [-0.1, -0.05) is 25.7 Å². The molecule has 0 radical (unpaired) electrons. The Morgan fingerprint density at radius 1 is 1.13 bits per heavy atom. The number of carboxylic acids is 1. The molecule has 0 aliphatic carbocycles. The maximum Gasteiger partial charge on any atom is 0.435 e. The minimum absolute atomic E-state index is 0.00677. The van der Waals surface area contributed by atoms with Crippen molar-refractivity contribution in [1.29, 1.82) is 0 Å². The second-order valence-corrected chi connectivity index (χ2v) is 16.6. The zero-order valence-electron chi connectivity index (χ0n) is 22.4. The Labute approximate surface area is 220 Å². The number of rotatable bonds is 11. The largest absolute Gasteiger partial charge is 0.481 e. The average molecular weight is 551 g/mol. The third-order valence-corrected chi connectivity index (χ3v) is 7.56. The van der Waals surface area contributed by atoms with Gasteiger partial charge < -0.3 is 19.6 Å². The smallest absolute Gasteiger partial charge is 0.435 e. The van der Waals surface area contributed by atoms with E-state index in [0.717, 1.165) is 17.2 Å². The highest BCUT2D eigenvalue weighted by atomic mass is 28.3. The number of nitrogens with one attached hydrogen (secondary N) is 1. The van der Waals surface area contributed by atoms with Crippen LogP contribution in [0.5, 0.6) is 5.88 Å². The Kier molecular flexibility index (Phi) is 8.67. The van der Waals surface area contributed by atoms with E-state index in [1.54, 1.807) is 38.2 Å². The fraction of sp³-hybridized carbons (Fsp3) is 0.462. The molecular formula is C26H33F3N4O4Si. The van der Waals surface area contributed by atoms with Gasteiger partial charge in [0.2, 0.25) is 5.88 Å². The molecule has 0 aliphatic rings. The first kappa shape index (κ1) is 29.3. The number of H-pyrrole nitrogens is 1. The van der Waals surface area contributed by atoms with Crippen molar-refractivity contribution in [2.45, 2.75) is 59.2 Å². The standard InChI is InChI=1S/C26H33F3N4O4Si/c1-16-11-21(37-15-25(2,3)24(34)35)31-13-18(16)17-7-8-19(30-12-17)23-32-20(22(33-23)26(27,28)29)14-36-9-10-38(4,5)6/h7-8,11-13H,9-10,14-15H2,1-6H3,(H,32,33)(H,34,35). The van der Waals surface area contributed by atoms with E-state index in [9.17, 15) is 23.1 Å². The molecule has 0 spiro atoms. The number of alkyl halides is 3. The van der Waals surface area contributed by atoms with Crippen molar-refractivity contribution < 1.29 is 32.5 Å². The van der Waals surface area contributed by atoms with E-state index in [1.807, 2.05) is 6.92 Å². The summed E-state index contributed by atoms with van der Waals surface area (Å²) < 4.78 is 51.9. The maximum absolute atomic E-state index is 13.6. The van der Waals surface area contributed by atoms with Gasteiger partial charge in [-0.15, -0.1) is 0 Å². The van der Waals surface area contributed by atoms with Crippen LogP contribution >= 0.6 is 0 Å². The van der Waals surface area contributed by atoms with Crippen molar-refractivity contribution in [3.63, 3.8) is 0 Å². The third-order valence-electron chi connectivity index (χ3n) is 5.85. The molecule has 0 amide bonds. The van der Waals surface area contributed by atoms with Crippen LogP contribution in [0.2, 0.25) is 25.7 Å². The number of hydrogen-bond acceptors (Lipinski definition) is 6. The van der Waals surface area contributed by atoms with E-state index in [-0.39, 0.29) is 30.4 Å². The van der Waals surface area contributed by atoms with E-state index in [0.29, 0.717) is 18.1 Å². The number of carbonyl (C=O) groups is 1. The quantitative estimate of drug-likeness (QED) is 0.216. The molecule has 0 saturated carbocycles. The fourth-order valence-corrected chi connectivity index (χ4v) is 4.10. The Bertz CT molecular complexity index is 1270. The number of carboxylic acid groups (broad SMARTS) is 1. The number of aryl methyl sites for hydroxylation is 1. The predicted octanol–water partition coefficient (Wildman–Crippen LogP) is 6.21. The first-order valence-electron chi connectivity index (χ1n) is 12.1. The van der Waals surface area contributed by atoms with Crippen molar-refractivity contribution in [1.82, 2.24) is 19.9 Å². The van der Waals surface area contributed by atoms with Gasteiger partial charge in [0.25, 0.3) is 0 Å². The maximum atomic E-state index is 13.6. The second-order valence-electron chi connectivity index (χ2n) is 11.0. The Balaban J connectivity index is 1.76. The minimum atomic E-state index is -4.63. The summed E-state index contributed by atoms with van der Waals surface area (Å²) in [6.45, 7) is 11.6. The number of aliphatic carboxylic acids is 1. The second kappa shape index (κ2) is 11.2. The summed E-state index contributed by atoms with van der Waals surface area (Å²) in [6, 6.07) is 5.85. The molecule has 0 aliphatic heterocycles. The zero-order valence-corrected chi connectivity index (χ0v) is 23.4. The van der Waals surface area contributed by atoms with Crippen LogP contribution in [0.1, 0.15) is 30.8 Å². The molecule has 0 atom stereocenters. The number of imidazole rings is 1. The normalized spacial score (nSPS) is 12.6. The number of halogens is 3. The highest BCUT2D eigenvalue weighted by molar-refractivity contribution is 6.76. The van der Waals surface area contributed by atoms with Crippen molar-refractivity contribution in [3.8, 4) is 28.5 Å². The summed E-state index contributed by atoms with van der Waals surface area (Å²) >= 11 is 0. The summed E-state index contributed by atoms with van der Waals surface area (Å²) in [5.74, 6) is -0.676. The molecular weight excluding hydrogens is 517 g/mol. The van der Waals surface area contributed by atoms with Gasteiger partial charge in [0.15, 0.2) is 11.5 Å². The monoisotopic (exact) mass is 550 g/mol. The van der Waals surface area contributed by atoms with Gasteiger partial charge in [0, 0.05) is 44.3 Å². The van der Waals surface area contributed by atoms with Gasteiger partial charge >= 0.3 is 12.1 Å². The molecule has 8 nitrogen and oxygen atoms in total. The number of pyridine rings is 2. The number of hydrogen-bond donors (Lipinski definition) is 2. The lowest BCUT2D eigenvalue weighted by Crippen LogP contribution is -2.30. The zero-order chi connectivity index (χ0) is 28.3.